The van der Waals surface area contributed by atoms with Gasteiger partial charge in [-0.1, -0.05) is 36.8 Å². The number of nitrogens with zero attached hydrogens (tertiary/aromatic N) is 2. The molecule has 1 aromatic rings. The van der Waals surface area contributed by atoms with Gasteiger partial charge in [0, 0.05) is 13.1 Å². The Kier molecular flexibility index (Phi) is 4.78. The SMILES string of the molecule is CCC1NC(c2ccc(C)cc2)N(CCN(C)C)C1=O. The molecule has 4 heteroatoms. The monoisotopic (exact) mass is 275 g/mol. The molecule has 1 aliphatic rings. The van der Waals surface area contributed by atoms with E-state index in [9.17, 15) is 4.79 Å². The second kappa shape index (κ2) is 6.37. The summed E-state index contributed by atoms with van der Waals surface area (Å²) >= 11 is 0. The molecule has 1 aliphatic heterocycles. The summed E-state index contributed by atoms with van der Waals surface area (Å²) in [5, 5.41) is 3.46. The van der Waals surface area contributed by atoms with Crippen LogP contribution in [0.1, 0.15) is 30.6 Å². The molecule has 0 radical (unpaired) electrons. The van der Waals surface area contributed by atoms with Crippen LogP contribution in [0.3, 0.4) is 0 Å². The number of benzene rings is 1. The number of carbonyl (C=O) groups is 1. The van der Waals surface area contributed by atoms with Crippen LogP contribution in [-0.2, 0) is 4.79 Å². The highest BCUT2D eigenvalue weighted by Crippen LogP contribution is 2.26. The summed E-state index contributed by atoms with van der Waals surface area (Å²) in [7, 11) is 4.07. The number of likely N-dealkylation sites (N-methyl/N-ethyl adjacent to an activating group) is 1. The zero-order valence-corrected chi connectivity index (χ0v) is 12.9. The first-order valence-corrected chi connectivity index (χ1v) is 7.30. The molecule has 1 saturated heterocycles. The number of amides is 1. The highest BCUT2D eigenvalue weighted by Gasteiger charge is 2.38. The van der Waals surface area contributed by atoms with E-state index in [4.69, 9.17) is 0 Å². The number of rotatable bonds is 5. The van der Waals surface area contributed by atoms with Crippen LogP contribution in [0.25, 0.3) is 0 Å². The predicted molar refractivity (Wildman–Crippen MR) is 81.4 cm³/mol. The molecule has 0 spiro atoms. The second-order valence-corrected chi connectivity index (χ2v) is 5.78. The normalized spacial score (nSPS) is 22.9. The molecule has 0 aromatic heterocycles. The average molecular weight is 275 g/mol. The first-order chi connectivity index (χ1) is 9.52. The molecular weight excluding hydrogens is 250 g/mol. The summed E-state index contributed by atoms with van der Waals surface area (Å²) in [6.45, 7) is 5.77. The van der Waals surface area contributed by atoms with Crippen LogP contribution in [0.4, 0.5) is 0 Å². The zero-order valence-electron chi connectivity index (χ0n) is 12.9. The Bertz CT molecular complexity index is 455. The Morgan fingerprint density at radius 3 is 2.45 bits per heavy atom. The van der Waals surface area contributed by atoms with Gasteiger partial charge in [0.15, 0.2) is 0 Å². The van der Waals surface area contributed by atoms with Crippen LogP contribution in [-0.4, -0.2) is 48.9 Å². The van der Waals surface area contributed by atoms with Crippen molar-refractivity contribution in [1.82, 2.24) is 15.1 Å². The van der Waals surface area contributed by atoms with Crippen molar-refractivity contribution in [2.45, 2.75) is 32.5 Å². The van der Waals surface area contributed by atoms with Gasteiger partial charge in [0.05, 0.1) is 6.04 Å². The largest absolute Gasteiger partial charge is 0.320 e. The third-order valence-corrected chi connectivity index (χ3v) is 3.84. The van der Waals surface area contributed by atoms with E-state index in [0.717, 1.165) is 19.5 Å². The molecule has 110 valence electrons. The summed E-state index contributed by atoms with van der Waals surface area (Å²) in [6.07, 6.45) is 0.840. The van der Waals surface area contributed by atoms with Crippen molar-refractivity contribution in [2.24, 2.45) is 0 Å². The molecule has 20 heavy (non-hydrogen) atoms. The van der Waals surface area contributed by atoms with Crippen LogP contribution >= 0.6 is 0 Å². The standard InChI is InChI=1S/C16H25N3O/c1-5-14-16(20)19(11-10-18(3)4)15(17-14)13-8-6-12(2)7-9-13/h6-9,14-15,17H,5,10-11H2,1-4H3. The van der Waals surface area contributed by atoms with E-state index in [0.29, 0.717) is 0 Å². The van der Waals surface area contributed by atoms with Crippen molar-refractivity contribution < 1.29 is 4.79 Å². The molecule has 4 nitrogen and oxygen atoms in total. The fourth-order valence-electron chi connectivity index (χ4n) is 2.54. The maximum atomic E-state index is 12.4. The lowest BCUT2D eigenvalue weighted by Crippen LogP contribution is -2.36. The highest BCUT2D eigenvalue weighted by atomic mass is 16.2. The van der Waals surface area contributed by atoms with Gasteiger partial charge in [0.2, 0.25) is 5.91 Å². The van der Waals surface area contributed by atoms with Crippen molar-refractivity contribution in [3.8, 4) is 0 Å². The second-order valence-electron chi connectivity index (χ2n) is 5.78. The van der Waals surface area contributed by atoms with E-state index in [1.54, 1.807) is 0 Å². The van der Waals surface area contributed by atoms with Crippen molar-refractivity contribution >= 4 is 5.91 Å². The summed E-state index contributed by atoms with van der Waals surface area (Å²) in [5.41, 5.74) is 2.41. The minimum Gasteiger partial charge on any atom is -0.320 e. The summed E-state index contributed by atoms with van der Waals surface area (Å²) < 4.78 is 0. The molecule has 0 aliphatic carbocycles. The third-order valence-electron chi connectivity index (χ3n) is 3.84. The van der Waals surface area contributed by atoms with Gasteiger partial charge in [0.25, 0.3) is 0 Å². The van der Waals surface area contributed by atoms with Crippen LogP contribution in [0.15, 0.2) is 24.3 Å². The molecule has 2 rings (SSSR count). The quantitative estimate of drug-likeness (QED) is 0.889. The lowest BCUT2D eigenvalue weighted by atomic mass is 10.1. The van der Waals surface area contributed by atoms with E-state index < -0.39 is 0 Å². The van der Waals surface area contributed by atoms with Gasteiger partial charge in [-0.25, -0.2) is 0 Å². The van der Waals surface area contributed by atoms with Crippen LogP contribution < -0.4 is 5.32 Å². The minimum atomic E-state index is -0.0523. The molecule has 1 heterocycles. The zero-order chi connectivity index (χ0) is 14.7. The van der Waals surface area contributed by atoms with E-state index in [-0.39, 0.29) is 18.1 Å². The Labute approximate surface area is 121 Å². The van der Waals surface area contributed by atoms with E-state index >= 15 is 0 Å². The van der Waals surface area contributed by atoms with Gasteiger partial charge in [-0.2, -0.15) is 0 Å². The first kappa shape index (κ1) is 15.0. The van der Waals surface area contributed by atoms with Crippen molar-refractivity contribution in [2.75, 3.05) is 27.2 Å². The fraction of sp³-hybridized carbons (Fsp3) is 0.562. The maximum Gasteiger partial charge on any atom is 0.241 e. The Balaban J connectivity index is 2.19. The summed E-state index contributed by atoms with van der Waals surface area (Å²) in [6, 6.07) is 8.38. The molecular formula is C16H25N3O. The number of hydrogen-bond donors (Lipinski definition) is 1. The van der Waals surface area contributed by atoms with E-state index in [1.807, 2.05) is 19.0 Å². The van der Waals surface area contributed by atoms with Gasteiger partial charge in [-0.15, -0.1) is 0 Å². The van der Waals surface area contributed by atoms with Crippen molar-refractivity contribution in [3.63, 3.8) is 0 Å². The molecule has 1 aromatic carbocycles. The average Bonchev–Trinajstić information content (AvgIpc) is 2.74. The van der Waals surface area contributed by atoms with Gasteiger partial charge >= 0.3 is 0 Å². The van der Waals surface area contributed by atoms with Crippen LogP contribution in [0.2, 0.25) is 0 Å². The molecule has 2 unspecified atom stereocenters. The van der Waals surface area contributed by atoms with Gasteiger partial charge < -0.3 is 9.80 Å². The molecule has 1 fully saturated rings. The van der Waals surface area contributed by atoms with Gasteiger partial charge in [-0.05, 0) is 33.0 Å². The van der Waals surface area contributed by atoms with Crippen LogP contribution in [0, 0.1) is 6.92 Å². The number of nitrogens with one attached hydrogen (secondary N) is 1. The lowest BCUT2D eigenvalue weighted by molar-refractivity contribution is -0.130. The Morgan fingerprint density at radius 1 is 1.25 bits per heavy atom. The lowest BCUT2D eigenvalue weighted by Gasteiger charge is -2.26. The smallest absolute Gasteiger partial charge is 0.241 e. The topological polar surface area (TPSA) is 35.6 Å². The molecule has 2 atom stereocenters. The number of carbonyl (C=O) groups excluding carboxylic acids is 1. The Morgan fingerprint density at radius 2 is 1.90 bits per heavy atom. The van der Waals surface area contributed by atoms with E-state index in [2.05, 4.69) is 48.3 Å². The molecule has 0 saturated carbocycles. The van der Waals surface area contributed by atoms with Gasteiger partial charge in [0.1, 0.15) is 6.17 Å². The van der Waals surface area contributed by atoms with Gasteiger partial charge in [-0.3, -0.25) is 10.1 Å². The molecule has 1 N–H and O–H groups in total. The Hall–Kier alpha value is -1.39. The van der Waals surface area contributed by atoms with E-state index in [1.165, 1.54) is 11.1 Å². The predicted octanol–water partition coefficient (Wildman–Crippen LogP) is 1.77. The molecule has 1 amide bonds. The van der Waals surface area contributed by atoms with Crippen LogP contribution in [0.5, 0.6) is 0 Å². The summed E-state index contributed by atoms with van der Waals surface area (Å²) in [4.78, 5) is 16.5. The third kappa shape index (κ3) is 3.19. The van der Waals surface area contributed by atoms with Crippen molar-refractivity contribution in [3.05, 3.63) is 35.4 Å². The maximum absolute atomic E-state index is 12.4. The molecule has 0 bridgehead atoms. The highest BCUT2D eigenvalue weighted by molar-refractivity contribution is 5.84. The first-order valence-electron chi connectivity index (χ1n) is 7.30. The number of aryl methyl sites for hydroxylation is 1. The summed E-state index contributed by atoms with van der Waals surface area (Å²) in [5.74, 6) is 0.222. The fourth-order valence-corrected chi connectivity index (χ4v) is 2.54. The minimum absolute atomic E-state index is 0.00741. The number of hydrogen-bond acceptors (Lipinski definition) is 3. The van der Waals surface area contributed by atoms with Crippen molar-refractivity contribution in [1.29, 1.82) is 0 Å².